The molecular formula is C15H16F2N2. The number of hydrogen-bond acceptors (Lipinski definition) is 2. The molecule has 0 aliphatic heterocycles. The van der Waals surface area contributed by atoms with Gasteiger partial charge in [-0.1, -0.05) is 12.1 Å². The summed E-state index contributed by atoms with van der Waals surface area (Å²) < 4.78 is 26.5. The van der Waals surface area contributed by atoms with E-state index in [2.05, 4.69) is 10.3 Å². The van der Waals surface area contributed by atoms with Crippen LogP contribution in [0.5, 0.6) is 0 Å². The van der Waals surface area contributed by atoms with Gasteiger partial charge in [-0.2, -0.15) is 0 Å². The minimum Gasteiger partial charge on any atom is -0.313 e. The van der Waals surface area contributed by atoms with E-state index in [9.17, 15) is 8.78 Å². The zero-order valence-corrected chi connectivity index (χ0v) is 11.0. The highest BCUT2D eigenvalue weighted by Crippen LogP contribution is 2.20. The molecule has 0 spiro atoms. The molecule has 100 valence electrons. The Labute approximate surface area is 111 Å². The van der Waals surface area contributed by atoms with Gasteiger partial charge in [-0.15, -0.1) is 0 Å². The summed E-state index contributed by atoms with van der Waals surface area (Å²) in [6.07, 6.45) is 2.23. The summed E-state index contributed by atoms with van der Waals surface area (Å²) in [5, 5.41) is 3.13. The van der Waals surface area contributed by atoms with Crippen LogP contribution >= 0.6 is 0 Å². The first-order valence-corrected chi connectivity index (χ1v) is 6.14. The van der Waals surface area contributed by atoms with Gasteiger partial charge in [-0.25, -0.2) is 8.78 Å². The van der Waals surface area contributed by atoms with E-state index in [0.717, 1.165) is 17.3 Å². The SMILES string of the molecule is CNC(Cc1ccc(F)cc1F)c1ccc(C)nc1. The molecule has 1 aromatic carbocycles. The lowest BCUT2D eigenvalue weighted by Crippen LogP contribution is -2.19. The summed E-state index contributed by atoms with van der Waals surface area (Å²) >= 11 is 0. The van der Waals surface area contributed by atoms with Crippen molar-refractivity contribution in [3.05, 3.63) is 65.0 Å². The maximum atomic E-state index is 13.6. The predicted molar refractivity (Wildman–Crippen MR) is 70.8 cm³/mol. The number of aryl methyl sites for hydroxylation is 1. The Kier molecular flexibility index (Phi) is 4.22. The van der Waals surface area contributed by atoms with Crippen LogP contribution in [0.1, 0.15) is 22.9 Å². The summed E-state index contributed by atoms with van der Waals surface area (Å²) in [6.45, 7) is 1.91. The first-order valence-electron chi connectivity index (χ1n) is 6.14. The van der Waals surface area contributed by atoms with Gasteiger partial charge in [0.05, 0.1) is 0 Å². The summed E-state index contributed by atoms with van der Waals surface area (Å²) in [5.41, 5.74) is 2.41. The Balaban J connectivity index is 2.21. The van der Waals surface area contributed by atoms with Gasteiger partial charge in [0.2, 0.25) is 0 Å². The van der Waals surface area contributed by atoms with Crippen molar-refractivity contribution in [3.63, 3.8) is 0 Å². The Hall–Kier alpha value is -1.81. The number of benzene rings is 1. The smallest absolute Gasteiger partial charge is 0.129 e. The number of nitrogens with one attached hydrogen (secondary N) is 1. The van der Waals surface area contributed by atoms with Crippen LogP contribution in [0.15, 0.2) is 36.5 Å². The summed E-state index contributed by atoms with van der Waals surface area (Å²) in [7, 11) is 1.81. The second kappa shape index (κ2) is 5.89. The number of aromatic nitrogens is 1. The number of hydrogen-bond donors (Lipinski definition) is 1. The second-order valence-corrected chi connectivity index (χ2v) is 4.51. The van der Waals surface area contributed by atoms with Crippen molar-refractivity contribution in [1.82, 2.24) is 10.3 Å². The molecule has 19 heavy (non-hydrogen) atoms. The van der Waals surface area contributed by atoms with E-state index < -0.39 is 11.6 Å². The molecule has 2 rings (SSSR count). The lowest BCUT2D eigenvalue weighted by molar-refractivity contribution is 0.540. The van der Waals surface area contributed by atoms with Crippen molar-refractivity contribution >= 4 is 0 Å². The average molecular weight is 262 g/mol. The van der Waals surface area contributed by atoms with Crippen LogP contribution < -0.4 is 5.32 Å². The van der Waals surface area contributed by atoms with Crippen molar-refractivity contribution in [2.45, 2.75) is 19.4 Å². The molecule has 2 nitrogen and oxygen atoms in total. The van der Waals surface area contributed by atoms with Crippen molar-refractivity contribution < 1.29 is 8.78 Å². The van der Waals surface area contributed by atoms with Crippen molar-refractivity contribution in [3.8, 4) is 0 Å². The van der Waals surface area contributed by atoms with Crippen molar-refractivity contribution in [2.24, 2.45) is 0 Å². The van der Waals surface area contributed by atoms with Gasteiger partial charge in [-0.3, -0.25) is 4.98 Å². The molecule has 1 heterocycles. The standard InChI is InChI=1S/C15H16F2N2/c1-10-3-4-12(9-19-10)15(18-2)7-11-5-6-13(16)8-14(11)17/h3-6,8-9,15,18H,7H2,1-2H3. The number of likely N-dealkylation sites (N-methyl/N-ethyl adjacent to an activating group) is 1. The normalized spacial score (nSPS) is 12.4. The number of rotatable bonds is 4. The lowest BCUT2D eigenvalue weighted by Gasteiger charge is -2.17. The van der Waals surface area contributed by atoms with Gasteiger partial charge in [0.1, 0.15) is 11.6 Å². The van der Waals surface area contributed by atoms with Crippen LogP contribution in [0, 0.1) is 18.6 Å². The average Bonchev–Trinajstić information content (AvgIpc) is 2.39. The van der Waals surface area contributed by atoms with Gasteiger partial charge in [0, 0.05) is 24.0 Å². The highest BCUT2D eigenvalue weighted by Gasteiger charge is 2.13. The molecular weight excluding hydrogens is 246 g/mol. The third-order valence-corrected chi connectivity index (χ3v) is 3.12. The molecule has 1 aromatic heterocycles. The third kappa shape index (κ3) is 3.35. The zero-order chi connectivity index (χ0) is 13.8. The van der Waals surface area contributed by atoms with E-state index in [-0.39, 0.29) is 6.04 Å². The van der Waals surface area contributed by atoms with Crippen LogP contribution in [-0.2, 0) is 6.42 Å². The highest BCUT2D eigenvalue weighted by atomic mass is 19.1. The van der Waals surface area contributed by atoms with E-state index in [1.54, 1.807) is 6.20 Å². The molecule has 0 bridgehead atoms. The molecule has 1 atom stereocenters. The Morgan fingerprint density at radius 3 is 2.58 bits per heavy atom. The Morgan fingerprint density at radius 2 is 2.00 bits per heavy atom. The van der Waals surface area contributed by atoms with Gasteiger partial charge in [0.25, 0.3) is 0 Å². The molecule has 1 unspecified atom stereocenters. The molecule has 0 fully saturated rings. The third-order valence-electron chi connectivity index (χ3n) is 3.12. The van der Waals surface area contributed by atoms with Crippen LogP contribution in [0.3, 0.4) is 0 Å². The van der Waals surface area contributed by atoms with E-state index >= 15 is 0 Å². The topological polar surface area (TPSA) is 24.9 Å². The van der Waals surface area contributed by atoms with Crippen LogP contribution in [0.4, 0.5) is 8.78 Å². The van der Waals surface area contributed by atoms with Gasteiger partial charge in [-0.05, 0) is 43.7 Å². The van der Waals surface area contributed by atoms with Crippen molar-refractivity contribution in [2.75, 3.05) is 7.05 Å². The van der Waals surface area contributed by atoms with E-state index in [0.29, 0.717) is 12.0 Å². The Bertz CT molecular complexity index is 553. The maximum Gasteiger partial charge on any atom is 0.129 e. The first kappa shape index (κ1) is 13.6. The van der Waals surface area contributed by atoms with Crippen LogP contribution in [0.2, 0.25) is 0 Å². The molecule has 0 aliphatic rings. The zero-order valence-electron chi connectivity index (χ0n) is 11.0. The minimum atomic E-state index is -0.556. The number of nitrogens with zero attached hydrogens (tertiary/aromatic N) is 1. The summed E-state index contributed by atoms with van der Waals surface area (Å²) in [5.74, 6) is -1.07. The fourth-order valence-electron chi connectivity index (χ4n) is 1.98. The quantitative estimate of drug-likeness (QED) is 0.915. The highest BCUT2D eigenvalue weighted by molar-refractivity contribution is 5.24. The number of pyridine rings is 1. The fraction of sp³-hybridized carbons (Fsp3) is 0.267. The number of halogens is 2. The maximum absolute atomic E-state index is 13.6. The predicted octanol–water partition coefficient (Wildman–Crippen LogP) is 3.17. The molecule has 0 saturated heterocycles. The molecule has 2 aromatic rings. The monoisotopic (exact) mass is 262 g/mol. The van der Waals surface area contributed by atoms with Crippen LogP contribution in [-0.4, -0.2) is 12.0 Å². The molecule has 0 amide bonds. The van der Waals surface area contributed by atoms with Crippen LogP contribution in [0.25, 0.3) is 0 Å². The Morgan fingerprint density at radius 1 is 1.21 bits per heavy atom. The van der Waals surface area contributed by atoms with Gasteiger partial charge < -0.3 is 5.32 Å². The largest absolute Gasteiger partial charge is 0.313 e. The van der Waals surface area contributed by atoms with Gasteiger partial charge in [0.15, 0.2) is 0 Å². The molecule has 1 N–H and O–H groups in total. The van der Waals surface area contributed by atoms with Crippen molar-refractivity contribution in [1.29, 1.82) is 0 Å². The molecule has 0 saturated carbocycles. The fourth-order valence-corrected chi connectivity index (χ4v) is 1.98. The summed E-state index contributed by atoms with van der Waals surface area (Å²) in [6, 6.07) is 7.50. The minimum absolute atomic E-state index is 0.0481. The van der Waals surface area contributed by atoms with Gasteiger partial charge >= 0.3 is 0 Å². The second-order valence-electron chi connectivity index (χ2n) is 4.51. The van der Waals surface area contributed by atoms with E-state index in [1.807, 2.05) is 26.1 Å². The molecule has 4 heteroatoms. The van der Waals surface area contributed by atoms with E-state index in [4.69, 9.17) is 0 Å². The van der Waals surface area contributed by atoms with E-state index in [1.165, 1.54) is 12.1 Å². The summed E-state index contributed by atoms with van der Waals surface area (Å²) in [4.78, 5) is 4.23. The molecule has 0 radical (unpaired) electrons. The molecule has 0 aliphatic carbocycles. The lowest BCUT2D eigenvalue weighted by atomic mass is 10.00. The first-order chi connectivity index (χ1) is 9.10.